The van der Waals surface area contributed by atoms with Crippen LogP contribution in [0.1, 0.15) is 33.6 Å². The summed E-state index contributed by atoms with van der Waals surface area (Å²) >= 11 is 0. The lowest BCUT2D eigenvalue weighted by Crippen LogP contribution is -2.35. The maximum Gasteiger partial charge on any atom is 0.341 e. The highest BCUT2D eigenvalue weighted by Gasteiger charge is 2.20. The number of hydrogen-bond acceptors (Lipinski definition) is 4. The lowest BCUT2D eigenvalue weighted by molar-refractivity contribution is -0.139. The molecule has 0 unspecified atom stereocenters. The molecule has 0 fully saturated rings. The Bertz CT molecular complexity index is 576. The van der Waals surface area contributed by atoms with Crippen LogP contribution in [0.15, 0.2) is 24.3 Å². The van der Waals surface area contributed by atoms with Crippen molar-refractivity contribution in [2.45, 2.75) is 33.6 Å². The third kappa shape index (κ3) is 7.62. The van der Waals surface area contributed by atoms with Gasteiger partial charge >= 0.3 is 5.97 Å². The van der Waals surface area contributed by atoms with E-state index in [1.807, 2.05) is 20.8 Å². The highest BCUT2D eigenvalue weighted by molar-refractivity contribution is 5.90. The van der Waals surface area contributed by atoms with Gasteiger partial charge in [0.15, 0.2) is 6.61 Å². The second-order valence-corrected chi connectivity index (χ2v) is 6.36. The van der Waals surface area contributed by atoms with E-state index in [0.717, 1.165) is 0 Å². The van der Waals surface area contributed by atoms with Crippen molar-refractivity contribution in [2.75, 3.05) is 18.5 Å². The van der Waals surface area contributed by atoms with Crippen LogP contribution in [0.3, 0.4) is 0 Å². The zero-order valence-corrected chi connectivity index (χ0v) is 14.2. The molecule has 7 heteroatoms. The highest BCUT2D eigenvalue weighted by atomic mass is 16.5. The fraction of sp³-hybridized carbons (Fsp3) is 0.471. The number of ether oxygens (including phenoxy) is 1. The monoisotopic (exact) mass is 336 g/mol. The van der Waals surface area contributed by atoms with Crippen LogP contribution in [0.5, 0.6) is 5.75 Å². The standard InChI is InChI=1S/C17H24N2O5/c1-17(2,3)16(23)18-10-4-5-14(20)19-12-6-8-13(9-7-12)24-11-15(21)22/h6-9H,4-5,10-11H2,1-3H3,(H,18,23)(H,19,20)(H,21,22). The van der Waals surface area contributed by atoms with Gasteiger partial charge in [0, 0.05) is 24.1 Å². The van der Waals surface area contributed by atoms with Crippen molar-refractivity contribution in [1.82, 2.24) is 5.32 Å². The van der Waals surface area contributed by atoms with Gasteiger partial charge in [0.2, 0.25) is 11.8 Å². The van der Waals surface area contributed by atoms with E-state index < -0.39 is 18.0 Å². The van der Waals surface area contributed by atoms with Crippen LogP contribution < -0.4 is 15.4 Å². The van der Waals surface area contributed by atoms with Crippen molar-refractivity contribution in [2.24, 2.45) is 5.41 Å². The van der Waals surface area contributed by atoms with Crippen molar-refractivity contribution in [3.05, 3.63) is 24.3 Å². The predicted octanol–water partition coefficient (Wildman–Crippen LogP) is 2.03. The molecule has 0 aliphatic carbocycles. The molecule has 1 rings (SSSR count). The SMILES string of the molecule is CC(C)(C)C(=O)NCCCC(=O)Nc1ccc(OCC(=O)O)cc1. The molecule has 0 aromatic heterocycles. The van der Waals surface area contributed by atoms with Crippen LogP contribution in [0.4, 0.5) is 5.69 Å². The zero-order valence-electron chi connectivity index (χ0n) is 14.2. The average Bonchev–Trinajstić information content (AvgIpc) is 2.49. The molecule has 132 valence electrons. The zero-order chi connectivity index (χ0) is 18.2. The average molecular weight is 336 g/mol. The summed E-state index contributed by atoms with van der Waals surface area (Å²) in [5.41, 5.74) is 0.161. The summed E-state index contributed by atoms with van der Waals surface area (Å²) in [5, 5.41) is 14.0. The number of carboxylic acids is 1. The predicted molar refractivity (Wildman–Crippen MR) is 89.9 cm³/mol. The molecule has 7 nitrogen and oxygen atoms in total. The number of aliphatic carboxylic acids is 1. The molecule has 1 aromatic carbocycles. The van der Waals surface area contributed by atoms with Crippen LogP contribution in [0, 0.1) is 5.41 Å². The molecule has 0 heterocycles. The number of amides is 2. The Labute approximate surface area is 141 Å². The molecule has 0 saturated heterocycles. The first kappa shape index (κ1) is 19.5. The molecule has 0 bridgehead atoms. The second-order valence-electron chi connectivity index (χ2n) is 6.36. The van der Waals surface area contributed by atoms with Crippen molar-refractivity contribution in [3.8, 4) is 5.75 Å². The fourth-order valence-electron chi connectivity index (χ4n) is 1.72. The van der Waals surface area contributed by atoms with E-state index in [4.69, 9.17) is 9.84 Å². The number of nitrogens with one attached hydrogen (secondary N) is 2. The molecule has 3 N–H and O–H groups in total. The van der Waals surface area contributed by atoms with Crippen molar-refractivity contribution >= 4 is 23.5 Å². The van der Waals surface area contributed by atoms with Crippen molar-refractivity contribution in [3.63, 3.8) is 0 Å². The lowest BCUT2D eigenvalue weighted by Gasteiger charge is -2.17. The number of carboxylic acid groups (broad SMARTS) is 1. The van der Waals surface area contributed by atoms with E-state index >= 15 is 0 Å². The molecule has 0 saturated carbocycles. The van der Waals surface area contributed by atoms with Gasteiger partial charge in [-0.15, -0.1) is 0 Å². The second kappa shape index (κ2) is 8.90. The third-order valence-electron chi connectivity index (χ3n) is 3.05. The number of rotatable bonds is 8. The minimum absolute atomic E-state index is 0.0418. The van der Waals surface area contributed by atoms with Crippen LogP contribution in [0.2, 0.25) is 0 Å². The summed E-state index contributed by atoms with van der Waals surface area (Å²) < 4.78 is 5.00. The Morgan fingerprint density at radius 1 is 1.12 bits per heavy atom. The Hall–Kier alpha value is -2.57. The Morgan fingerprint density at radius 3 is 2.29 bits per heavy atom. The quantitative estimate of drug-likeness (QED) is 0.630. The summed E-state index contributed by atoms with van der Waals surface area (Å²) in [6, 6.07) is 6.44. The molecule has 24 heavy (non-hydrogen) atoms. The Kier molecular flexibility index (Phi) is 7.23. The van der Waals surface area contributed by atoms with E-state index in [-0.39, 0.29) is 11.8 Å². The lowest BCUT2D eigenvalue weighted by atomic mass is 9.96. The summed E-state index contributed by atoms with van der Waals surface area (Å²) in [6.07, 6.45) is 0.842. The molecular weight excluding hydrogens is 312 g/mol. The van der Waals surface area contributed by atoms with Gasteiger partial charge in [-0.3, -0.25) is 9.59 Å². The summed E-state index contributed by atoms with van der Waals surface area (Å²) in [7, 11) is 0. The maximum atomic E-state index is 11.8. The number of anilines is 1. The first-order chi connectivity index (χ1) is 11.2. The summed E-state index contributed by atoms with van der Waals surface area (Å²) in [4.78, 5) is 33.9. The number of carbonyl (C=O) groups excluding carboxylic acids is 2. The van der Waals surface area contributed by atoms with Crippen LogP contribution in [0.25, 0.3) is 0 Å². The third-order valence-corrected chi connectivity index (χ3v) is 3.05. The number of hydrogen-bond donors (Lipinski definition) is 3. The van der Waals surface area contributed by atoms with Crippen LogP contribution >= 0.6 is 0 Å². The topological polar surface area (TPSA) is 105 Å². The van der Waals surface area contributed by atoms with Crippen LogP contribution in [-0.2, 0) is 14.4 Å². The molecule has 2 amide bonds. The molecule has 0 aliphatic heterocycles. The number of benzene rings is 1. The summed E-state index contributed by atoms with van der Waals surface area (Å²) in [6.45, 7) is 5.54. The van der Waals surface area contributed by atoms with Gasteiger partial charge < -0.3 is 20.5 Å². The molecular formula is C17H24N2O5. The minimum atomic E-state index is -1.05. The normalized spacial score (nSPS) is 10.8. The van der Waals surface area contributed by atoms with E-state index in [2.05, 4.69) is 10.6 Å². The smallest absolute Gasteiger partial charge is 0.341 e. The first-order valence-corrected chi connectivity index (χ1v) is 7.71. The van der Waals surface area contributed by atoms with Gasteiger partial charge in [-0.05, 0) is 30.7 Å². The molecule has 1 aromatic rings. The highest BCUT2D eigenvalue weighted by Crippen LogP contribution is 2.16. The number of carbonyl (C=O) groups is 3. The Morgan fingerprint density at radius 2 is 1.75 bits per heavy atom. The summed E-state index contributed by atoms with van der Waals surface area (Å²) in [5.74, 6) is -0.828. The maximum absolute atomic E-state index is 11.8. The van der Waals surface area contributed by atoms with Gasteiger partial charge in [0.1, 0.15) is 5.75 Å². The van der Waals surface area contributed by atoms with E-state index in [1.165, 1.54) is 0 Å². The Balaban J connectivity index is 2.30. The molecule has 0 aliphatic rings. The van der Waals surface area contributed by atoms with Gasteiger partial charge in [0.25, 0.3) is 0 Å². The van der Waals surface area contributed by atoms with Crippen molar-refractivity contribution < 1.29 is 24.2 Å². The molecule has 0 radical (unpaired) electrons. The van der Waals surface area contributed by atoms with Gasteiger partial charge in [-0.1, -0.05) is 20.8 Å². The van der Waals surface area contributed by atoms with Crippen LogP contribution in [-0.4, -0.2) is 36.0 Å². The van der Waals surface area contributed by atoms with Gasteiger partial charge in [-0.25, -0.2) is 4.79 Å². The minimum Gasteiger partial charge on any atom is -0.482 e. The van der Waals surface area contributed by atoms with Gasteiger partial charge in [-0.2, -0.15) is 0 Å². The fourth-order valence-corrected chi connectivity index (χ4v) is 1.72. The van der Waals surface area contributed by atoms with Crippen molar-refractivity contribution in [1.29, 1.82) is 0 Å². The molecule has 0 atom stereocenters. The van der Waals surface area contributed by atoms with Gasteiger partial charge in [0.05, 0.1) is 0 Å². The largest absolute Gasteiger partial charge is 0.482 e. The van der Waals surface area contributed by atoms with E-state index in [1.54, 1.807) is 24.3 Å². The first-order valence-electron chi connectivity index (χ1n) is 7.71. The van der Waals surface area contributed by atoms with E-state index in [0.29, 0.717) is 30.8 Å². The van der Waals surface area contributed by atoms with E-state index in [9.17, 15) is 14.4 Å². The molecule has 0 spiro atoms.